The van der Waals surface area contributed by atoms with Crippen molar-refractivity contribution in [1.82, 2.24) is 19.6 Å². The van der Waals surface area contributed by atoms with Crippen LogP contribution in [0.5, 0.6) is 0 Å². The number of nitrogens with two attached hydrogens (primary N) is 1. The SMILES string of the molecule is Cc1cccn2cc(CNc3ccc(C(N)=O)nn3)nc12. The molecule has 0 aliphatic heterocycles. The lowest BCUT2D eigenvalue weighted by Crippen LogP contribution is -2.14. The number of carbonyl (C=O) groups is 1. The second-order valence-corrected chi connectivity index (χ2v) is 4.68. The molecule has 106 valence electrons. The van der Waals surface area contributed by atoms with Crippen molar-refractivity contribution in [3.05, 3.63) is 53.6 Å². The number of pyridine rings is 1. The van der Waals surface area contributed by atoms with E-state index < -0.39 is 5.91 Å². The Kier molecular flexibility index (Phi) is 3.23. The number of imidazole rings is 1. The summed E-state index contributed by atoms with van der Waals surface area (Å²) in [5, 5.41) is 10.7. The molecule has 3 aromatic rings. The summed E-state index contributed by atoms with van der Waals surface area (Å²) in [5.41, 5.74) is 8.20. The van der Waals surface area contributed by atoms with Gasteiger partial charge in [-0.1, -0.05) is 6.07 Å². The summed E-state index contributed by atoms with van der Waals surface area (Å²) >= 11 is 0. The minimum absolute atomic E-state index is 0.143. The van der Waals surface area contributed by atoms with E-state index in [1.165, 1.54) is 6.07 Å². The number of nitrogens with one attached hydrogen (secondary N) is 1. The average Bonchev–Trinajstić information content (AvgIpc) is 2.90. The predicted octanol–water partition coefficient (Wildman–Crippen LogP) is 1.14. The van der Waals surface area contributed by atoms with Gasteiger partial charge in [0.25, 0.3) is 5.91 Å². The summed E-state index contributed by atoms with van der Waals surface area (Å²) in [4.78, 5) is 15.5. The van der Waals surface area contributed by atoms with Crippen molar-refractivity contribution in [1.29, 1.82) is 0 Å². The van der Waals surface area contributed by atoms with Crippen LogP contribution >= 0.6 is 0 Å². The average molecular weight is 282 g/mol. The second kappa shape index (κ2) is 5.20. The molecule has 7 heteroatoms. The van der Waals surface area contributed by atoms with Gasteiger partial charge in [0.15, 0.2) is 5.69 Å². The van der Waals surface area contributed by atoms with E-state index in [0.29, 0.717) is 12.4 Å². The normalized spacial score (nSPS) is 10.7. The van der Waals surface area contributed by atoms with Crippen LogP contribution < -0.4 is 11.1 Å². The number of amides is 1. The monoisotopic (exact) mass is 282 g/mol. The molecule has 0 aromatic carbocycles. The Balaban J connectivity index is 1.74. The molecule has 0 fully saturated rings. The molecule has 0 saturated heterocycles. The molecule has 7 nitrogen and oxygen atoms in total. The third-order valence-electron chi connectivity index (χ3n) is 3.10. The highest BCUT2D eigenvalue weighted by molar-refractivity contribution is 5.90. The number of aromatic nitrogens is 4. The van der Waals surface area contributed by atoms with Crippen molar-refractivity contribution < 1.29 is 4.79 Å². The number of fused-ring (bicyclic) bond motifs is 1. The molecule has 0 bridgehead atoms. The van der Waals surface area contributed by atoms with Crippen LogP contribution in [0.25, 0.3) is 5.65 Å². The van der Waals surface area contributed by atoms with Gasteiger partial charge >= 0.3 is 0 Å². The fraction of sp³-hybridized carbons (Fsp3) is 0.143. The second-order valence-electron chi connectivity index (χ2n) is 4.68. The number of aryl methyl sites for hydroxylation is 1. The van der Waals surface area contributed by atoms with Gasteiger partial charge < -0.3 is 15.5 Å². The minimum Gasteiger partial charge on any atom is -0.364 e. The quantitative estimate of drug-likeness (QED) is 0.747. The number of primary amides is 1. The van der Waals surface area contributed by atoms with Gasteiger partial charge in [-0.2, -0.15) is 0 Å². The first-order valence-electron chi connectivity index (χ1n) is 6.44. The Morgan fingerprint density at radius 3 is 2.86 bits per heavy atom. The molecule has 21 heavy (non-hydrogen) atoms. The van der Waals surface area contributed by atoms with E-state index in [2.05, 4.69) is 20.5 Å². The molecular weight excluding hydrogens is 268 g/mol. The third kappa shape index (κ3) is 2.66. The molecule has 0 aliphatic rings. The maximum atomic E-state index is 10.9. The Bertz CT molecular complexity index is 793. The van der Waals surface area contributed by atoms with E-state index in [-0.39, 0.29) is 5.69 Å². The van der Waals surface area contributed by atoms with Crippen molar-refractivity contribution >= 4 is 17.4 Å². The zero-order valence-electron chi connectivity index (χ0n) is 11.4. The standard InChI is InChI=1S/C14H14N6O/c1-9-3-2-6-20-8-10(17-14(9)20)7-16-12-5-4-11(13(15)21)18-19-12/h2-6,8H,7H2,1H3,(H2,15,21)(H,16,19). The maximum Gasteiger partial charge on any atom is 0.269 e. The van der Waals surface area contributed by atoms with Gasteiger partial charge in [-0.3, -0.25) is 4.79 Å². The summed E-state index contributed by atoms with van der Waals surface area (Å²) in [5.74, 6) is -0.0290. The maximum absolute atomic E-state index is 10.9. The molecule has 3 heterocycles. The van der Waals surface area contributed by atoms with Crippen LogP contribution in [-0.2, 0) is 6.54 Å². The van der Waals surface area contributed by atoms with Crippen molar-refractivity contribution in [3.8, 4) is 0 Å². The highest BCUT2D eigenvalue weighted by Crippen LogP contribution is 2.11. The van der Waals surface area contributed by atoms with Gasteiger partial charge in [-0.25, -0.2) is 4.98 Å². The topological polar surface area (TPSA) is 98.2 Å². The van der Waals surface area contributed by atoms with Crippen molar-refractivity contribution in [3.63, 3.8) is 0 Å². The molecule has 0 atom stereocenters. The number of hydrogen-bond donors (Lipinski definition) is 2. The fourth-order valence-electron chi connectivity index (χ4n) is 2.03. The highest BCUT2D eigenvalue weighted by atomic mass is 16.1. The van der Waals surface area contributed by atoms with Gasteiger partial charge in [0.1, 0.15) is 11.5 Å². The van der Waals surface area contributed by atoms with E-state index >= 15 is 0 Å². The van der Waals surface area contributed by atoms with Crippen molar-refractivity contribution in [2.45, 2.75) is 13.5 Å². The van der Waals surface area contributed by atoms with Crippen LogP contribution in [0.3, 0.4) is 0 Å². The smallest absolute Gasteiger partial charge is 0.269 e. The Morgan fingerprint density at radius 2 is 2.19 bits per heavy atom. The van der Waals surface area contributed by atoms with Crippen LogP contribution in [0.2, 0.25) is 0 Å². The summed E-state index contributed by atoms with van der Waals surface area (Å²) < 4.78 is 1.98. The largest absolute Gasteiger partial charge is 0.364 e. The summed E-state index contributed by atoms with van der Waals surface area (Å²) in [6, 6.07) is 7.20. The fourth-order valence-corrected chi connectivity index (χ4v) is 2.03. The highest BCUT2D eigenvalue weighted by Gasteiger charge is 2.05. The molecule has 1 amide bonds. The molecule has 3 aromatic heterocycles. The molecule has 3 rings (SSSR count). The lowest BCUT2D eigenvalue weighted by molar-refractivity contribution is 0.0994. The predicted molar refractivity (Wildman–Crippen MR) is 77.8 cm³/mol. The van der Waals surface area contributed by atoms with E-state index in [0.717, 1.165) is 16.9 Å². The number of carbonyl (C=O) groups excluding carboxylic acids is 1. The molecular formula is C14H14N6O. The molecule has 0 unspecified atom stereocenters. The number of nitrogens with zero attached hydrogens (tertiary/aromatic N) is 4. The first kappa shape index (κ1) is 13.0. The van der Waals surface area contributed by atoms with Crippen LogP contribution in [0.4, 0.5) is 5.82 Å². The molecule has 3 N–H and O–H groups in total. The van der Waals surface area contributed by atoms with E-state index in [1.807, 2.05) is 35.9 Å². The molecule has 0 radical (unpaired) electrons. The van der Waals surface area contributed by atoms with Crippen LogP contribution in [0.15, 0.2) is 36.7 Å². The first-order chi connectivity index (χ1) is 10.1. The van der Waals surface area contributed by atoms with E-state index in [9.17, 15) is 4.79 Å². The summed E-state index contributed by atoms with van der Waals surface area (Å²) in [6.07, 6.45) is 3.92. The third-order valence-corrected chi connectivity index (χ3v) is 3.10. The van der Waals surface area contributed by atoms with Crippen molar-refractivity contribution in [2.75, 3.05) is 5.32 Å². The Morgan fingerprint density at radius 1 is 1.33 bits per heavy atom. The summed E-state index contributed by atoms with van der Waals surface area (Å²) in [6.45, 7) is 2.54. The minimum atomic E-state index is -0.593. The zero-order chi connectivity index (χ0) is 14.8. The van der Waals surface area contributed by atoms with Gasteiger partial charge in [0.2, 0.25) is 0 Å². The van der Waals surface area contributed by atoms with E-state index in [4.69, 9.17) is 5.73 Å². The summed E-state index contributed by atoms with van der Waals surface area (Å²) in [7, 11) is 0. The van der Waals surface area contributed by atoms with Gasteiger partial charge in [-0.15, -0.1) is 10.2 Å². The number of hydrogen-bond acceptors (Lipinski definition) is 5. The first-order valence-corrected chi connectivity index (χ1v) is 6.44. The van der Waals surface area contributed by atoms with Crippen LogP contribution in [-0.4, -0.2) is 25.5 Å². The van der Waals surface area contributed by atoms with Crippen molar-refractivity contribution in [2.24, 2.45) is 5.73 Å². The van der Waals surface area contributed by atoms with Gasteiger partial charge in [-0.05, 0) is 30.7 Å². The Labute approximate surface area is 120 Å². The van der Waals surface area contributed by atoms with Gasteiger partial charge in [0, 0.05) is 12.4 Å². The van der Waals surface area contributed by atoms with Crippen LogP contribution in [0, 0.1) is 6.92 Å². The van der Waals surface area contributed by atoms with Crippen LogP contribution in [0.1, 0.15) is 21.7 Å². The molecule has 0 aliphatic carbocycles. The number of rotatable bonds is 4. The zero-order valence-corrected chi connectivity index (χ0v) is 11.4. The van der Waals surface area contributed by atoms with E-state index in [1.54, 1.807) is 6.07 Å². The lowest BCUT2D eigenvalue weighted by Gasteiger charge is -2.02. The number of anilines is 1. The van der Waals surface area contributed by atoms with Gasteiger partial charge in [0.05, 0.1) is 12.2 Å². The lowest BCUT2D eigenvalue weighted by atomic mass is 10.3. The Hall–Kier alpha value is -2.96. The molecule has 0 saturated carbocycles. The molecule has 0 spiro atoms.